The molecule has 0 spiro atoms. The number of allylic oxidation sites excluding steroid dienone is 1. The zero-order valence-corrected chi connectivity index (χ0v) is 21.3. The number of methoxy groups -OCH3 is 1. The second-order valence-corrected chi connectivity index (χ2v) is 13.6. The topological polar surface area (TPSA) is 18.5 Å². The van der Waals surface area contributed by atoms with Gasteiger partial charge in [0.25, 0.3) is 5.95 Å². The van der Waals surface area contributed by atoms with Gasteiger partial charge in [-0.2, -0.15) is 0 Å². The molecule has 0 aliphatic heterocycles. The van der Waals surface area contributed by atoms with E-state index in [-0.39, 0.29) is 0 Å². The predicted octanol–water partition coefficient (Wildman–Crippen LogP) is 9.37. The van der Waals surface area contributed by atoms with E-state index < -0.39 is 8.32 Å². The van der Waals surface area contributed by atoms with Crippen LogP contribution >= 0.6 is 0 Å². The quantitative estimate of drug-likeness (QED) is 0.113. The molecule has 28 heavy (non-hydrogen) atoms. The average molecular weight is 413 g/mol. The lowest BCUT2D eigenvalue weighted by molar-refractivity contribution is 0.140. The van der Waals surface area contributed by atoms with Crippen molar-refractivity contribution in [3.63, 3.8) is 0 Å². The van der Waals surface area contributed by atoms with Gasteiger partial charge in [-0.05, 0) is 33.0 Å². The molecular formula is C25H52O2Si. The molecule has 0 aromatic heterocycles. The van der Waals surface area contributed by atoms with Crippen LogP contribution in [0.25, 0.3) is 0 Å². The largest absolute Gasteiger partial charge is 0.519 e. The molecule has 0 aliphatic carbocycles. The first-order chi connectivity index (χ1) is 13.4. The Morgan fingerprint density at radius 2 is 0.964 bits per heavy atom. The van der Waals surface area contributed by atoms with Crippen LogP contribution in [-0.4, -0.2) is 15.4 Å². The summed E-state index contributed by atoms with van der Waals surface area (Å²) in [5.74, 6) is 0.744. The summed E-state index contributed by atoms with van der Waals surface area (Å²) in [6.45, 7) is 11.0. The monoisotopic (exact) mass is 412 g/mol. The molecule has 0 saturated carbocycles. The van der Waals surface area contributed by atoms with Crippen LogP contribution in [0.15, 0.2) is 11.5 Å². The first-order valence-electron chi connectivity index (χ1n) is 12.3. The van der Waals surface area contributed by atoms with Gasteiger partial charge in [-0.25, -0.2) is 0 Å². The van der Waals surface area contributed by atoms with Crippen LogP contribution in [0.2, 0.25) is 19.1 Å². The summed E-state index contributed by atoms with van der Waals surface area (Å²) in [6.07, 6.45) is 22.8. The average Bonchev–Trinajstić information content (AvgIpc) is 2.65. The maximum absolute atomic E-state index is 6.17. The minimum atomic E-state index is -1.64. The van der Waals surface area contributed by atoms with Crippen LogP contribution in [0.4, 0.5) is 0 Å². The lowest BCUT2D eigenvalue weighted by atomic mass is 10.0. The van der Waals surface area contributed by atoms with Gasteiger partial charge in [0.1, 0.15) is 0 Å². The third kappa shape index (κ3) is 17.6. The van der Waals surface area contributed by atoms with E-state index in [1.165, 1.54) is 109 Å². The van der Waals surface area contributed by atoms with Crippen molar-refractivity contribution >= 4 is 8.32 Å². The molecule has 0 fully saturated rings. The predicted molar refractivity (Wildman–Crippen MR) is 128 cm³/mol. The van der Waals surface area contributed by atoms with Gasteiger partial charge in [0.15, 0.2) is 0 Å². The van der Waals surface area contributed by atoms with E-state index in [1.807, 2.05) is 0 Å². The SMILES string of the molecule is CCCCCCCCCCCCCCCCCC[Si](C)(C)OC(OC)=C(C)C. The van der Waals surface area contributed by atoms with E-state index in [1.54, 1.807) is 7.11 Å². The van der Waals surface area contributed by atoms with Gasteiger partial charge in [0.2, 0.25) is 8.32 Å². The van der Waals surface area contributed by atoms with Gasteiger partial charge in [-0.15, -0.1) is 0 Å². The highest BCUT2D eigenvalue weighted by atomic mass is 28.4. The lowest BCUT2D eigenvalue weighted by Gasteiger charge is -2.25. The van der Waals surface area contributed by atoms with Crippen molar-refractivity contribution in [3.05, 3.63) is 11.5 Å². The Morgan fingerprint density at radius 3 is 1.29 bits per heavy atom. The van der Waals surface area contributed by atoms with Crippen molar-refractivity contribution in [1.29, 1.82) is 0 Å². The maximum atomic E-state index is 6.17. The van der Waals surface area contributed by atoms with E-state index in [9.17, 15) is 0 Å². The standard InChI is InChI=1S/C25H52O2Si/c1-7-8-9-10-11-12-13-14-15-16-17-18-19-20-21-22-23-28(5,6)27-25(26-4)24(2)3/h7-23H2,1-6H3. The van der Waals surface area contributed by atoms with Crippen LogP contribution in [0.1, 0.15) is 124 Å². The molecule has 0 aromatic rings. The summed E-state index contributed by atoms with van der Waals surface area (Å²) in [5, 5.41) is 0. The van der Waals surface area contributed by atoms with E-state index in [4.69, 9.17) is 9.16 Å². The fourth-order valence-electron chi connectivity index (χ4n) is 3.75. The molecule has 0 aliphatic rings. The van der Waals surface area contributed by atoms with E-state index in [0.717, 1.165) is 11.5 Å². The number of ether oxygens (including phenoxy) is 1. The smallest absolute Gasteiger partial charge is 0.263 e. The summed E-state index contributed by atoms with van der Waals surface area (Å²) in [4.78, 5) is 0. The van der Waals surface area contributed by atoms with Gasteiger partial charge in [-0.1, -0.05) is 110 Å². The van der Waals surface area contributed by atoms with Crippen LogP contribution in [0.5, 0.6) is 0 Å². The van der Waals surface area contributed by atoms with Crippen molar-refractivity contribution in [1.82, 2.24) is 0 Å². The Morgan fingerprint density at radius 1 is 0.607 bits per heavy atom. The Kier molecular flexibility index (Phi) is 18.3. The molecule has 0 N–H and O–H groups in total. The zero-order valence-electron chi connectivity index (χ0n) is 20.3. The Balaban J connectivity index is 3.40. The third-order valence-electron chi connectivity index (χ3n) is 5.60. The zero-order chi connectivity index (χ0) is 21.1. The molecule has 0 rings (SSSR count). The number of rotatable bonds is 20. The van der Waals surface area contributed by atoms with E-state index in [0.29, 0.717) is 0 Å². The summed E-state index contributed by atoms with van der Waals surface area (Å²) in [7, 11) is 0.0696. The third-order valence-corrected chi connectivity index (χ3v) is 7.89. The van der Waals surface area contributed by atoms with Crippen LogP contribution in [0, 0.1) is 0 Å². The van der Waals surface area contributed by atoms with Crippen molar-refractivity contribution in [2.75, 3.05) is 7.11 Å². The summed E-state index contributed by atoms with van der Waals surface area (Å²) < 4.78 is 11.5. The molecule has 0 radical (unpaired) electrons. The van der Waals surface area contributed by atoms with Gasteiger partial charge >= 0.3 is 0 Å². The van der Waals surface area contributed by atoms with E-state index in [2.05, 4.69) is 33.9 Å². The minimum absolute atomic E-state index is 0.744. The van der Waals surface area contributed by atoms with Gasteiger partial charge in [-0.3, -0.25) is 0 Å². The lowest BCUT2D eigenvalue weighted by Crippen LogP contribution is -2.30. The molecule has 0 amide bonds. The molecule has 0 heterocycles. The first kappa shape index (κ1) is 27.6. The van der Waals surface area contributed by atoms with Crippen LogP contribution < -0.4 is 0 Å². The van der Waals surface area contributed by atoms with Crippen molar-refractivity contribution < 1.29 is 9.16 Å². The fraction of sp³-hybridized carbons (Fsp3) is 0.920. The number of hydrogen-bond acceptors (Lipinski definition) is 2. The Hall–Kier alpha value is -0.443. The van der Waals surface area contributed by atoms with Gasteiger partial charge < -0.3 is 9.16 Å². The molecule has 3 heteroatoms. The molecular weight excluding hydrogens is 360 g/mol. The van der Waals surface area contributed by atoms with Crippen LogP contribution in [0.3, 0.4) is 0 Å². The van der Waals surface area contributed by atoms with Crippen molar-refractivity contribution in [2.45, 2.75) is 143 Å². The van der Waals surface area contributed by atoms with Crippen molar-refractivity contribution in [3.8, 4) is 0 Å². The molecule has 168 valence electrons. The maximum Gasteiger partial charge on any atom is 0.263 e. The van der Waals surface area contributed by atoms with Gasteiger partial charge in [0.05, 0.1) is 7.11 Å². The first-order valence-corrected chi connectivity index (χ1v) is 15.4. The summed E-state index contributed by atoms with van der Waals surface area (Å²) in [6, 6.07) is 1.23. The molecule has 0 aromatic carbocycles. The fourth-order valence-corrected chi connectivity index (χ4v) is 5.74. The second-order valence-electron chi connectivity index (χ2n) is 9.41. The Bertz CT molecular complexity index is 373. The molecule has 0 saturated heterocycles. The minimum Gasteiger partial charge on any atom is -0.519 e. The highest BCUT2D eigenvalue weighted by Crippen LogP contribution is 2.22. The molecule has 0 unspecified atom stereocenters. The number of hydrogen-bond donors (Lipinski definition) is 0. The summed E-state index contributed by atoms with van der Waals surface area (Å²) in [5.41, 5.74) is 1.13. The highest BCUT2D eigenvalue weighted by Gasteiger charge is 2.25. The van der Waals surface area contributed by atoms with Gasteiger partial charge in [0, 0.05) is 5.57 Å². The summed E-state index contributed by atoms with van der Waals surface area (Å²) >= 11 is 0. The molecule has 2 nitrogen and oxygen atoms in total. The van der Waals surface area contributed by atoms with E-state index >= 15 is 0 Å². The molecule has 0 bridgehead atoms. The van der Waals surface area contributed by atoms with Crippen molar-refractivity contribution in [2.24, 2.45) is 0 Å². The normalized spacial score (nSPS) is 11.5. The number of unbranched alkanes of at least 4 members (excludes halogenated alkanes) is 15. The van der Waals surface area contributed by atoms with Crippen LogP contribution in [-0.2, 0) is 9.16 Å². The highest BCUT2D eigenvalue weighted by molar-refractivity contribution is 6.71. The second kappa shape index (κ2) is 18.6. The Labute approximate surface area is 179 Å². The molecule has 0 atom stereocenters.